The summed E-state index contributed by atoms with van der Waals surface area (Å²) in [6.45, 7) is 4.21. The molecule has 23 heavy (non-hydrogen) atoms. The summed E-state index contributed by atoms with van der Waals surface area (Å²) in [5.74, 6) is 0.810. The summed E-state index contributed by atoms with van der Waals surface area (Å²) >= 11 is 0. The maximum absolute atomic E-state index is 12.8. The maximum Gasteiger partial charge on any atom is 0.279 e. The minimum absolute atomic E-state index is 0.0669. The summed E-state index contributed by atoms with van der Waals surface area (Å²) in [4.78, 5) is 6.47. The molecule has 128 valence electrons. The van der Waals surface area contributed by atoms with E-state index in [4.69, 9.17) is 4.74 Å². The monoisotopic (exact) mass is 344 g/mol. The van der Waals surface area contributed by atoms with E-state index in [1.807, 2.05) is 13.0 Å². The molecule has 0 bridgehead atoms. The summed E-state index contributed by atoms with van der Waals surface area (Å²) in [6, 6.07) is 3.64. The van der Waals surface area contributed by atoms with E-state index >= 15 is 0 Å². The zero-order valence-electron chi connectivity index (χ0n) is 13.0. The Bertz CT molecular complexity index is 651. The van der Waals surface area contributed by atoms with E-state index in [9.17, 15) is 12.8 Å². The molecule has 0 spiro atoms. The highest BCUT2D eigenvalue weighted by Crippen LogP contribution is 2.18. The van der Waals surface area contributed by atoms with Crippen LogP contribution >= 0.6 is 0 Å². The van der Waals surface area contributed by atoms with Crippen molar-refractivity contribution in [2.24, 2.45) is 0 Å². The number of hydrogen-bond donors (Lipinski definition) is 1. The van der Waals surface area contributed by atoms with Crippen molar-refractivity contribution in [1.82, 2.24) is 14.0 Å². The largest absolute Gasteiger partial charge is 0.375 e. The lowest BCUT2D eigenvalue weighted by atomic mass is 10.2. The molecule has 1 aromatic heterocycles. The number of pyridine rings is 1. The van der Waals surface area contributed by atoms with Crippen LogP contribution in [0.1, 0.15) is 12.5 Å². The number of morpholine rings is 1. The lowest BCUT2D eigenvalue weighted by Crippen LogP contribution is -2.55. The highest BCUT2D eigenvalue weighted by molar-refractivity contribution is 7.87. The molecular formula is C14H21FN4O3S. The molecule has 2 aliphatic heterocycles. The first-order valence-electron chi connectivity index (χ1n) is 7.64. The van der Waals surface area contributed by atoms with Crippen LogP contribution in [0, 0.1) is 0 Å². The van der Waals surface area contributed by atoms with Gasteiger partial charge >= 0.3 is 0 Å². The van der Waals surface area contributed by atoms with Gasteiger partial charge in [0.25, 0.3) is 10.2 Å². The average molecular weight is 344 g/mol. The Morgan fingerprint density at radius 2 is 2.22 bits per heavy atom. The molecule has 0 radical (unpaired) electrons. The number of halogens is 1. The van der Waals surface area contributed by atoms with E-state index in [0.717, 1.165) is 28.8 Å². The fourth-order valence-electron chi connectivity index (χ4n) is 2.62. The number of hydrogen-bond acceptors (Lipinski definition) is 5. The number of nitrogens with one attached hydrogen (secondary N) is 1. The van der Waals surface area contributed by atoms with Gasteiger partial charge in [0.05, 0.1) is 12.7 Å². The molecule has 0 aliphatic carbocycles. The van der Waals surface area contributed by atoms with Crippen LogP contribution in [0.2, 0.25) is 0 Å². The molecule has 2 fully saturated rings. The smallest absolute Gasteiger partial charge is 0.279 e. The molecule has 9 heteroatoms. The SMILES string of the molecule is CC1CN(c2cc(CNS(=O)(=O)N3CC(F)C3)ccn2)CCO1. The second kappa shape index (κ2) is 6.68. The van der Waals surface area contributed by atoms with Gasteiger partial charge in [-0.3, -0.25) is 0 Å². The van der Waals surface area contributed by atoms with Gasteiger partial charge in [0, 0.05) is 38.9 Å². The van der Waals surface area contributed by atoms with Gasteiger partial charge < -0.3 is 9.64 Å². The molecule has 3 heterocycles. The molecule has 2 saturated heterocycles. The number of aromatic nitrogens is 1. The zero-order valence-corrected chi connectivity index (χ0v) is 13.8. The van der Waals surface area contributed by atoms with Crippen LogP contribution in [0.15, 0.2) is 18.3 Å². The minimum atomic E-state index is -3.61. The second-order valence-electron chi connectivity index (χ2n) is 5.89. The molecule has 3 rings (SSSR count). The number of rotatable bonds is 5. The summed E-state index contributed by atoms with van der Waals surface area (Å²) in [7, 11) is -3.61. The standard InChI is InChI=1S/C14H21FN4O3S/c1-11-8-18(4-5-22-11)14-6-12(2-3-16-14)7-17-23(20,21)19-9-13(15)10-19/h2-3,6,11,13,17H,4-5,7-10H2,1H3. The molecule has 1 atom stereocenters. The Morgan fingerprint density at radius 1 is 1.43 bits per heavy atom. The van der Waals surface area contributed by atoms with Crippen molar-refractivity contribution in [2.75, 3.05) is 37.7 Å². The quantitative estimate of drug-likeness (QED) is 0.831. The topological polar surface area (TPSA) is 74.8 Å². The van der Waals surface area contributed by atoms with E-state index in [2.05, 4.69) is 14.6 Å². The predicted octanol–water partition coefficient (Wildman–Crippen LogP) is 0.295. The number of ether oxygens (including phenoxy) is 1. The van der Waals surface area contributed by atoms with Crippen LogP contribution in [0.3, 0.4) is 0 Å². The molecule has 0 amide bonds. The predicted molar refractivity (Wildman–Crippen MR) is 84.1 cm³/mol. The molecule has 0 aromatic carbocycles. The molecule has 1 aromatic rings. The minimum Gasteiger partial charge on any atom is -0.375 e. The third kappa shape index (κ3) is 3.97. The Labute approximate surface area is 135 Å². The van der Waals surface area contributed by atoms with E-state index < -0.39 is 16.4 Å². The van der Waals surface area contributed by atoms with Crippen molar-refractivity contribution in [1.29, 1.82) is 0 Å². The molecule has 0 saturated carbocycles. The first kappa shape index (κ1) is 16.6. The van der Waals surface area contributed by atoms with Crippen LogP contribution in [-0.2, 0) is 21.5 Å². The first-order chi connectivity index (χ1) is 10.9. The first-order valence-corrected chi connectivity index (χ1v) is 9.08. The van der Waals surface area contributed by atoms with E-state index in [1.54, 1.807) is 12.3 Å². The Kier molecular flexibility index (Phi) is 4.81. The third-order valence-corrected chi connectivity index (χ3v) is 5.46. The van der Waals surface area contributed by atoms with Crippen LogP contribution in [-0.4, -0.2) is 62.8 Å². The van der Waals surface area contributed by atoms with Gasteiger partial charge in [-0.15, -0.1) is 0 Å². The lowest BCUT2D eigenvalue weighted by Gasteiger charge is -2.33. The Balaban J connectivity index is 1.61. The fraction of sp³-hybridized carbons (Fsp3) is 0.643. The molecular weight excluding hydrogens is 323 g/mol. The maximum atomic E-state index is 12.8. The lowest BCUT2D eigenvalue weighted by molar-refractivity contribution is 0.0529. The van der Waals surface area contributed by atoms with Gasteiger partial charge in [-0.25, -0.2) is 9.37 Å². The van der Waals surface area contributed by atoms with Crippen LogP contribution < -0.4 is 9.62 Å². The van der Waals surface area contributed by atoms with Gasteiger partial charge in [-0.2, -0.15) is 17.4 Å². The van der Waals surface area contributed by atoms with Crippen molar-refractivity contribution in [3.63, 3.8) is 0 Å². The summed E-state index contributed by atoms with van der Waals surface area (Å²) in [5, 5.41) is 0. The van der Waals surface area contributed by atoms with E-state index in [1.165, 1.54) is 0 Å². The Hall–Kier alpha value is -1.29. The summed E-state index contributed by atoms with van der Waals surface area (Å²) in [6.07, 6.45) is 0.760. The van der Waals surface area contributed by atoms with Gasteiger partial charge in [0.2, 0.25) is 0 Å². The van der Waals surface area contributed by atoms with Crippen LogP contribution in [0.25, 0.3) is 0 Å². The normalized spacial score (nSPS) is 23.7. The number of nitrogens with zero attached hydrogens (tertiary/aromatic N) is 3. The molecule has 2 aliphatic rings. The molecule has 1 N–H and O–H groups in total. The highest BCUT2D eigenvalue weighted by atomic mass is 32.2. The van der Waals surface area contributed by atoms with Crippen molar-refractivity contribution in [3.05, 3.63) is 23.9 Å². The van der Waals surface area contributed by atoms with Crippen molar-refractivity contribution in [3.8, 4) is 0 Å². The molecule has 1 unspecified atom stereocenters. The number of alkyl halides is 1. The van der Waals surface area contributed by atoms with Gasteiger partial charge in [-0.05, 0) is 24.6 Å². The average Bonchev–Trinajstić information content (AvgIpc) is 2.50. The second-order valence-corrected chi connectivity index (χ2v) is 7.65. The van der Waals surface area contributed by atoms with Gasteiger partial charge in [-0.1, -0.05) is 0 Å². The van der Waals surface area contributed by atoms with E-state index in [0.29, 0.717) is 6.61 Å². The van der Waals surface area contributed by atoms with E-state index in [-0.39, 0.29) is 25.7 Å². The zero-order chi connectivity index (χ0) is 16.4. The van der Waals surface area contributed by atoms with Crippen molar-refractivity contribution < 1.29 is 17.5 Å². The highest BCUT2D eigenvalue weighted by Gasteiger charge is 2.35. The Morgan fingerprint density at radius 3 is 2.91 bits per heavy atom. The van der Waals surface area contributed by atoms with Crippen molar-refractivity contribution in [2.45, 2.75) is 25.7 Å². The van der Waals surface area contributed by atoms with Crippen LogP contribution in [0.4, 0.5) is 10.2 Å². The van der Waals surface area contributed by atoms with Gasteiger partial charge in [0.1, 0.15) is 12.0 Å². The number of anilines is 1. The van der Waals surface area contributed by atoms with Crippen molar-refractivity contribution >= 4 is 16.0 Å². The van der Waals surface area contributed by atoms with Gasteiger partial charge in [0.15, 0.2) is 0 Å². The third-order valence-electron chi connectivity index (χ3n) is 3.98. The summed E-state index contributed by atoms with van der Waals surface area (Å²) < 4.78 is 45.8. The summed E-state index contributed by atoms with van der Waals surface area (Å²) in [5.41, 5.74) is 0.815. The van der Waals surface area contributed by atoms with Crippen LogP contribution in [0.5, 0.6) is 0 Å². The molecule has 7 nitrogen and oxygen atoms in total. The fourth-order valence-corrected chi connectivity index (χ4v) is 3.87.